The van der Waals surface area contributed by atoms with Crippen molar-refractivity contribution < 1.29 is 19.4 Å². The Balaban J connectivity index is 0.00000126. The van der Waals surface area contributed by atoms with Crippen LogP contribution in [0.3, 0.4) is 0 Å². The molecule has 1 amide bonds. The van der Waals surface area contributed by atoms with Gasteiger partial charge in [0.15, 0.2) is 0 Å². The molecular weight excluding hydrogens is 344 g/mol. The van der Waals surface area contributed by atoms with Crippen LogP contribution in [0.4, 0.5) is 5.69 Å². The van der Waals surface area contributed by atoms with E-state index in [1.54, 1.807) is 12.0 Å². The first kappa shape index (κ1) is 20.5. The third-order valence-corrected chi connectivity index (χ3v) is 4.56. The molecule has 0 spiro atoms. The molecule has 0 radical (unpaired) electrons. The van der Waals surface area contributed by atoms with Crippen LogP contribution < -0.4 is 15.4 Å². The van der Waals surface area contributed by atoms with Crippen molar-refractivity contribution in [2.24, 2.45) is 11.7 Å². The standard InChI is InChI=1S/C20H21NO4.CH5N/c1-25-18-4-2-3-15(11-18)6-5-14-7-9-17(10-8-14)21-13-16(20(23)24)12-19(21)22;1-2/h2-4,7-11,16H,5-6,12-13H2,1H3,(H,23,24);2H2,1H3. The quantitative estimate of drug-likeness (QED) is 0.815. The maximum atomic E-state index is 12.0. The molecule has 6 nitrogen and oxygen atoms in total. The number of anilines is 1. The van der Waals surface area contributed by atoms with Gasteiger partial charge in [0.1, 0.15) is 5.75 Å². The molecule has 0 saturated carbocycles. The molecule has 6 heteroatoms. The Morgan fingerprint density at radius 1 is 1.15 bits per heavy atom. The average Bonchev–Trinajstić information content (AvgIpc) is 3.10. The molecule has 27 heavy (non-hydrogen) atoms. The van der Waals surface area contributed by atoms with Crippen LogP contribution in [0.2, 0.25) is 0 Å². The zero-order valence-corrected chi connectivity index (χ0v) is 15.7. The highest BCUT2D eigenvalue weighted by atomic mass is 16.5. The van der Waals surface area contributed by atoms with Crippen molar-refractivity contribution in [3.05, 3.63) is 59.7 Å². The van der Waals surface area contributed by atoms with E-state index in [2.05, 4.69) is 11.8 Å². The fourth-order valence-electron chi connectivity index (χ4n) is 3.08. The maximum absolute atomic E-state index is 12.0. The zero-order valence-electron chi connectivity index (χ0n) is 15.7. The molecule has 1 atom stereocenters. The van der Waals surface area contributed by atoms with Crippen molar-refractivity contribution in [2.45, 2.75) is 19.3 Å². The lowest BCUT2D eigenvalue weighted by Gasteiger charge is -2.16. The van der Waals surface area contributed by atoms with Crippen LogP contribution in [-0.4, -0.2) is 37.7 Å². The Kier molecular flexibility index (Phi) is 7.37. The number of carbonyl (C=O) groups is 2. The van der Waals surface area contributed by atoms with E-state index in [1.807, 2.05) is 42.5 Å². The molecule has 1 saturated heterocycles. The van der Waals surface area contributed by atoms with E-state index >= 15 is 0 Å². The normalized spacial score (nSPS) is 15.9. The van der Waals surface area contributed by atoms with Gasteiger partial charge in [-0.25, -0.2) is 0 Å². The van der Waals surface area contributed by atoms with Crippen LogP contribution >= 0.6 is 0 Å². The van der Waals surface area contributed by atoms with E-state index in [4.69, 9.17) is 9.84 Å². The SMILES string of the molecule is CN.COc1cccc(CCc2ccc(N3CC(C(=O)O)CC3=O)cc2)c1. The summed E-state index contributed by atoms with van der Waals surface area (Å²) in [7, 11) is 3.16. The van der Waals surface area contributed by atoms with E-state index in [0.717, 1.165) is 24.3 Å². The highest BCUT2D eigenvalue weighted by Crippen LogP contribution is 2.26. The van der Waals surface area contributed by atoms with Crippen molar-refractivity contribution >= 4 is 17.6 Å². The monoisotopic (exact) mass is 370 g/mol. The average molecular weight is 370 g/mol. The third-order valence-electron chi connectivity index (χ3n) is 4.56. The Bertz CT molecular complexity index is 774. The van der Waals surface area contributed by atoms with Crippen molar-refractivity contribution in [1.82, 2.24) is 0 Å². The fourth-order valence-corrected chi connectivity index (χ4v) is 3.08. The van der Waals surface area contributed by atoms with Gasteiger partial charge in [-0.1, -0.05) is 24.3 Å². The smallest absolute Gasteiger partial charge is 0.308 e. The first-order chi connectivity index (χ1) is 13.1. The molecule has 2 aromatic rings. The minimum atomic E-state index is -0.911. The highest BCUT2D eigenvalue weighted by molar-refractivity contribution is 5.99. The van der Waals surface area contributed by atoms with Crippen LogP contribution in [0.25, 0.3) is 0 Å². The summed E-state index contributed by atoms with van der Waals surface area (Å²) in [6.07, 6.45) is 1.87. The van der Waals surface area contributed by atoms with Crippen LogP contribution in [0, 0.1) is 5.92 Å². The number of nitrogens with two attached hydrogens (primary N) is 1. The first-order valence-electron chi connectivity index (χ1n) is 8.89. The topological polar surface area (TPSA) is 92.9 Å². The fraction of sp³-hybridized carbons (Fsp3) is 0.333. The van der Waals surface area contributed by atoms with Gasteiger partial charge >= 0.3 is 5.97 Å². The Hall–Kier alpha value is -2.86. The van der Waals surface area contributed by atoms with E-state index in [1.165, 1.54) is 18.2 Å². The van der Waals surface area contributed by atoms with Gasteiger partial charge in [0.2, 0.25) is 5.91 Å². The third kappa shape index (κ3) is 5.31. The minimum absolute atomic E-state index is 0.0763. The molecular formula is C21H26N2O4. The number of aryl methyl sites for hydroxylation is 2. The number of amides is 1. The molecule has 2 aromatic carbocycles. The summed E-state index contributed by atoms with van der Waals surface area (Å²) in [5.74, 6) is -0.795. The van der Waals surface area contributed by atoms with Gasteiger partial charge in [-0.2, -0.15) is 0 Å². The van der Waals surface area contributed by atoms with Crippen LogP contribution in [-0.2, 0) is 22.4 Å². The number of nitrogens with zero attached hydrogens (tertiary/aromatic N) is 1. The number of ether oxygens (including phenoxy) is 1. The second-order valence-corrected chi connectivity index (χ2v) is 6.26. The summed E-state index contributed by atoms with van der Waals surface area (Å²) >= 11 is 0. The van der Waals surface area contributed by atoms with E-state index in [9.17, 15) is 9.59 Å². The number of carboxylic acid groups (broad SMARTS) is 1. The molecule has 3 N–H and O–H groups in total. The second kappa shape index (κ2) is 9.73. The molecule has 0 aliphatic carbocycles. The Labute approximate surface area is 159 Å². The van der Waals surface area contributed by atoms with Crippen molar-refractivity contribution in [1.29, 1.82) is 0 Å². The lowest BCUT2D eigenvalue weighted by atomic mass is 10.0. The lowest BCUT2D eigenvalue weighted by Crippen LogP contribution is -2.25. The molecule has 0 aromatic heterocycles. The molecule has 1 heterocycles. The summed E-state index contributed by atoms with van der Waals surface area (Å²) in [4.78, 5) is 24.6. The number of carboxylic acids is 1. The van der Waals surface area contributed by atoms with E-state index in [-0.39, 0.29) is 18.9 Å². The second-order valence-electron chi connectivity index (χ2n) is 6.26. The van der Waals surface area contributed by atoms with Gasteiger partial charge in [0.05, 0.1) is 13.0 Å². The van der Waals surface area contributed by atoms with Crippen LogP contribution in [0.15, 0.2) is 48.5 Å². The van der Waals surface area contributed by atoms with Crippen molar-refractivity contribution in [2.75, 3.05) is 25.6 Å². The van der Waals surface area contributed by atoms with Crippen LogP contribution in [0.5, 0.6) is 5.75 Å². The minimum Gasteiger partial charge on any atom is -0.497 e. The number of methoxy groups -OCH3 is 1. The zero-order chi connectivity index (χ0) is 19.8. The largest absolute Gasteiger partial charge is 0.497 e. The van der Waals surface area contributed by atoms with E-state index in [0.29, 0.717) is 0 Å². The van der Waals surface area contributed by atoms with Gasteiger partial charge in [-0.15, -0.1) is 0 Å². The number of aliphatic carboxylic acids is 1. The number of rotatable bonds is 6. The number of benzene rings is 2. The predicted octanol–water partition coefficient (Wildman–Crippen LogP) is 2.49. The first-order valence-corrected chi connectivity index (χ1v) is 8.89. The van der Waals surface area contributed by atoms with Gasteiger partial charge < -0.3 is 20.5 Å². The van der Waals surface area contributed by atoms with Gasteiger partial charge in [0, 0.05) is 18.7 Å². The maximum Gasteiger partial charge on any atom is 0.308 e. The predicted molar refractivity (Wildman–Crippen MR) is 105 cm³/mol. The number of hydrogen-bond acceptors (Lipinski definition) is 4. The molecule has 1 aliphatic rings. The molecule has 144 valence electrons. The van der Waals surface area contributed by atoms with Crippen molar-refractivity contribution in [3.8, 4) is 5.75 Å². The Morgan fingerprint density at radius 3 is 2.41 bits per heavy atom. The summed E-state index contributed by atoms with van der Waals surface area (Å²) in [5, 5.41) is 9.07. The molecule has 1 unspecified atom stereocenters. The van der Waals surface area contributed by atoms with Gasteiger partial charge in [-0.3, -0.25) is 9.59 Å². The number of carbonyl (C=O) groups excluding carboxylic acids is 1. The molecule has 1 aliphatic heterocycles. The summed E-state index contributed by atoms with van der Waals surface area (Å²) in [6.45, 7) is 0.247. The summed E-state index contributed by atoms with van der Waals surface area (Å²) in [5.41, 5.74) is 7.65. The van der Waals surface area contributed by atoms with Gasteiger partial charge in [0.25, 0.3) is 0 Å². The molecule has 1 fully saturated rings. The summed E-state index contributed by atoms with van der Waals surface area (Å²) in [6, 6.07) is 15.8. The summed E-state index contributed by atoms with van der Waals surface area (Å²) < 4.78 is 5.24. The molecule has 0 bridgehead atoms. The van der Waals surface area contributed by atoms with E-state index < -0.39 is 11.9 Å². The van der Waals surface area contributed by atoms with Crippen LogP contribution in [0.1, 0.15) is 17.5 Å². The van der Waals surface area contributed by atoms with Crippen molar-refractivity contribution in [3.63, 3.8) is 0 Å². The highest BCUT2D eigenvalue weighted by Gasteiger charge is 2.34. The lowest BCUT2D eigenvalue weighted by molar-refractivity contribution is -0.141. The number of hydrogen-bond donors (Lipinski definition) is 2. The Morgan fingerprint density at radius 2 is 1.81 bits per heavy atom. The van der Waals surface area contributed by atoms with Gasteiger partial charge in [-0.05, 0) is 55.3 Å². The molecule has 3 rings (SSSR count).